The Morgan fingerprint density at radius 2 is 1.60 bits per heavy atom. The van der Waals surface area contributed by atoms with Crippen LogP contribution in [0.3, 0.4) is 0 Å². The Hall–Kier alpha value is 0.504. The third-order valence-corrected chi connectivity index (χ3v) is 2.21. The van der Waals surface area contributed by atoms with Crippen molar-refractivity contribution in [2.75, 3.05) is 0 Å². The largest absolute Gasteiger partial charge is 0.390 e. The van der Waals surface area contributed by atoms with Gasteiger partial charge in [-0.1, -0.05) is 48.7 Å². The standard InChI is InChI=1S/C8H11Cl3O3.Ni/c1-3-5(4-2)6(12)14-7(13)8(9,10)11;/h5H,3-4H2,1-2H3;. The zero-order chi connectivity index (χ0) is 11.4. The molecule has 0 aliphatic carbocycles. The van der Waals surface area contributed by atoms with Crippen LogP contribution in [0.2, 0.25) is 0 Å². The summed E-state index contributed by atoms with van der Waals surface area (Å²) in [6.45, 7) is 3.63. The molecule has 15 heavy (non-hydrogen) atoms. The normalized spacial score (nSPS) is 10.8. The van der Waals surface area contributed by atoms with E-state index in [1.165, 1.54) is 0 Å². The minimum absolute atomic E-state index is 0. The number of carbonyl (C=O) groups excluding carboxylic acids is 2. The predicted octanol–water partition coefficient (Wildman–Crippen LogP) is 2.86. The Balaban J connectivity index is 0. The number of ether oxygens (including phenoxy) is 1. The number of rotatable bonds is 3. The van der Waals surface area contributed by atoms with Crippen LogP contribution in [0, 0.1) is 5.92 Å². The topological polar surface area (TPSA) is 43.4 Å². The maximum Gasteiger partial charge on any atom is 0.366 e. The molecule has 0 radical (unpaired) electrons. The molecule has 0 aromatic rings. The monoisotopic (exact) mass is 318 g/mol. The minimum Gasteiger partial charge on any atom is -0.390 e. The number of hydrogen-bond donors (Lipinski definition) is 0. The summed E-state index contributed by atoms with van der Waals surface area (Å²) in [5, 5.41) is 0. The molecule has 0 bridgehead atoms. The molecule has 0 aromatic heterocycles. The van der Waals surface area contributed by atoms with E-state index in [1.807, 2.05) is 13.8 Å². The van der Waals surface area contributed by atoms with Crippen molar-refractivity contribution in [2.24, 2.45) is 5.92 Å². The number of hydrogen-bond acceptors (Lipinski definition) is 3. The SMILES string of the molecule is CCC(CC)C(=O)OC(=O)C(Cl)(Cl)Cl.[Ni]. The molecule has 3 nitrogen and oxygen atoms in total. The van der Waals surface area contributed by atoms with Crippen molar-refractivity contribution in [3.05, 3.63) is 0 Å². The minimum atomic E-state index is -2.19. The smallest absolute Gasteiger partial charge is 0.366 e. The Morgan fingerprint density at radius 1 is 1.20 bits per heavy atom. The number of carbonyl (C=O) groups is 2. The van der Waals surface area contributed by atoms with Gasteiger partial charge in [-0.2, -0.15) is 0 Å². The van der Waals surface area contributed by atoms with Crippen molar-refractivity contribution < 1.29 is 30.8 Å². The van der Waals surface area contributed by atoms with Crippen molar-refractivity contribution in [1.29, 1.82) is 0 Å². The fraction of sp³-hybridized carbons (Fsp3) is 0.750. The van der Waals surface area contributed by atoms with E-state index in [9.17, 15) is 9.59 Å². The second-order valence-electron chi connectivity index (χ2n) is 2.72. The summed E-state index contributed by atoms with van der Waals surface area (Å²) in [5.74, 6) is -2.13. The quantitative estimate of drug-likeness (QED) is 0.348. The summed E-state index contributed by atoms with van der Waals surface area (Å²) in [4.78, 5) is 22.2. The molecule has 0 rings (SSSR count). The molecule has 0 spiro atoms. The van der Waals surface area contributed by atoms with Crippen LogP contribution in [0.1, 0.15) is 26.7 Å². The van der Waals surface area contributed by atoms with Gasteiger partial charge in [-0.3, -0.25) is 4.79 Å². The van der Waals surface area contributed by atoms with Gasteiger partial charge in [0.1, 0.15) is 0 Å². The molecule has 0 heterocycles. The summed E-state index contributed by atoms with van der Waals surface area (Å²) in [6.07, 6.45) is 1.17. The fourth-order valence-electron chi connectivity index (χ4n) is 0.855. The van der Waals surface area contributed by atoms with Crippen LogP contribution in [0.15, 0.2) is 0 Å². The van der Waals surface area contributed by atoms with Gasteiger partial charge < -0.3 is 4.74 Å². The van der Waals surface area contributed by atoms with E-state index >= 15 is 0 Å². The van der Waals surface area contributed by atoms with Crippen molar-refractivity contribution in [1.82, 2.24) is 0 Å². The van der Waals surface area contributed by atoms with Gasteiger partial charge in [-0.15, -0.1) is 0 Å². The number of alkyl halides is 3. The molecule has 0 amide bonds. The molecule has 0 aliphatic rings. The molecule has 0 aromatic carbocycles. The summed E-state index contributed by atoms with van der Waals surface area (Å²) >= 11 is 15.7. The average molecular weight is 320 g/mol. The number of esters is 2. The number of halogens is 3. The van der Waals surface area contributed by atoms with Crippen molar-refractivity contribution in [2.45, 2.75) is 30.5 Å². The first-order valence-corrected chi connectivity index (χ1v) is 5.29. The Bertz CT molecular complexity index is 224. The Kier molecular flexibility index (Phi) is 9.21. The van der Waals surface area contributed by atoms with E-state index in [0.717, 1.165) is 0 Å². The molecule has 0 N–H and O–H groups in total. The van der Waals surface area contributed by atoms with Crippen LogP contribution >= 0.6 is 34.8 Å². The molecule has 7 heteroatoms. The molecular formula is C8H11Cl3NiO3. The molecule has 0 aliphatic heterocycles. The van der Waals surface area contributed by atoms with Crippen LogP contribution in [0.5, 0.6) is 0 Å². The van der Waals surface area contributed by atoms with Gasteiger partial charge in [0.05, 0.1) is 5.92 Å². The Morgan fingerprint density at radius 3 is 1.87 bits per heavy atom. The maximum atomic E-state index is 11.2. The van der Waals surface area contributed by atoms with Gasteiger partial charge in [0.2, 0.25) is 0 Å². The first-order chi connectivity index (χ1) is 6.32. The van der Waals surface area contributed by atoms with Gasteiger partial charge in [0.15, 0.2) is 0 Å². The third-order valence-electron chi connectivity index (χ3n) is 1.74. The van der Waals surface area contributed by atoms with Crippen LogP contribution in [0.25, 0.3) is 0 Å². The second-order valence-corrected chi connectivity index (χ2v) is 5.00. The van der Waals surface area contributed by atoms with Crippen LogP contribution in [-0.2, 0) is 30.8 Å². The zero-order valence-electron chi connectivity index (χ0n) is 8.17. The summed E-state index contributed by atoms with van der Waals surface area (Å²) in [7, 11) is 0. The first-order valence-electron chi connectivity index (χ1n) is 4.15. The molecule has 92 valence electrons. The summed E-state index contributed by atoms with van der Waals surface area (Å²) < 4.78 is 2.19. The molecule has 0 fully saturated rings. The van der Waals surface area contributed by atoms with Crippen LogP contribution in [0.4, 0.5) is 0 Å². The van der Waals surface area contributed by atoms with Gasteiger partial charge in [-0.25, -0.2) is 4.79 Å². The van der Waals surface area contributed by atoms with Crippen molar-refractivity contribution in [3.63, 3.8) is 0 Å². The Labute approximate surface area is 114 Å². The zero-order valence-corrected chi connectivity index (χ0v) is 11.4. The molecule has 0 saturated heterocycles. The van der Waals surface area contributed by atoms with Gasteiger partial charge in [0.25, 0.3) is 3.79 Å². The second kappa shape index (κ2) is 7.72. The molecule has 0 saturated carbocycles. The van der Waals surface area contributed by atoms with Crippen molar-refractivity contribution in [3.8, 4) is 0 Å². The van der Waals surface area contributed by atoms with Crippen molar-refractivity contribution >= 4 is 46.7 Å². The van der Waals surface area contributed by atoms with E-state index < -0.39 is 15.7 Å². The average Bonchev–Trinajstić information content (AvgIpc) is 2.04. The van der Waals surface area contributed by atoms with Crippen LogP contribution < -0.4 is 0 Å². The first kappa shape index (κ1) is 17.9. The van der Waals surface area contributed by atoms with E-state index in [0.29, 0.717) is 12.8 Å². The summed E-state index contributed by atoms with van der Waals surface area (Å²) in [6, 6.07) is 0. The predicted molar refractivity (Wildman–Crippen MR) is 55.5 cm³/mol. The van der Waals surface area contributed by atoms with E-state index in [4.69, 9.17) is 34.8 Å². The maximum absolute atomic E-state index is 11.2. The van der Waals surface area contributed by atoms with Gasteiger partial charge in [-0.05, 0) is 12.8 Å². The fourth-order valence-corrected chi connectivity index (χ4v) is 0.970. The molecule has 0 atom stereocenters. The van der Waals surface area contributed by atoms with Gasteiger partial charge in [0, 0.05) is 16.5 Å². The molecule has 0 unspecified atom stereocenters. The van der Waals surface area contributed by atoms with Crippen LogP contribution in [-0.4, -0.2) is 15.7 Å². The summed E-state index contributed by atoms with van der Waals surface area (Å²) in [5.41, 5.74) is 0. The molecular weight excluding hydrogens is 309 g/mol. The van der Waals surface area contributed by atoms with E-state index in [2.05, 4.69) is 4.74 Å². The third kappa shape index (κ3) is 6.62. The van der Waals surface area contributed by atoms with Gasteiger partial charge >= 0.3 is 11.9 Å². The van der Waals surface area contributed by atoms with E-state index in [1.54, 1.807) is 0 Å². The van der Waals surface area contributed by atoms with E-state index in [-0.39, 0.29) is 22.4 Å².